The van der Waals surface area contributed by atoms with Gasteiger partial charge in [0.1, 0.15) is 0 Å². The smallest absolute Gasteiger partial charge is 0.260 e. The molecular weight excluding hydrogens is 472 g/mol. The second kappa shape index (κ2) is 9.85. The summed E-state index contributed by atoms with van der Waals surface area (Å²) in [6.45, 7) is 5.69. The third-order valence-corrected chi connectivity index (χ3v) is 8.19. The fourth-order valence-corrected chi connectivity index (χ4v) is 5.94. The summed E-state index contributed by atoms with van der Waals surface area (Å²) in [5.74, 6) is -0.0337. The van der Waals surface area contributed by atoms with Crippen LogP contribution in [0.4, 0.5) is 5.13 Å². The van der Waals surface area contributed by atoms with Crippen molar-refractivity contribution in [2.45, 2.75) is 20.3 Å². The molecule has 0 aliphatic carbocycles. The van der Waals surface area contributed by atoms with Crippen molar-refractivity contribution < 1.29 is 4.79 Å². The van der Waals surface area contributed by atoms with Crippen molar-refractivity contribution in [3.8, 4) is 10.6 Å². The van der Waals surface area contributed by atoms with Crippen LogP contribution in [0.1, 0.15) is 27.9 Å². The summed E-state index contributed by atoms with van der Waals surface area (Å²) < 4.78 is 1.10. The molecule has 3 heterocycles. The molecule has 0 bridgehead atoms. The van der Waals surface area contributed by atoms with E-state index in [2.05, 4.69) is 45.0 Å². The van der Waals surface area contributed by atoms with E-state index in [1.165, 1.54) is 11.1 Å². The summed E-state index contributed by atoms with van der Waals surface area (Å²) in [7, 11) is 4.11. The minimum absolute atomic E-state index is 0.0337. The van der Waals surface area contributed by atoms with Crippen LogP contribution in [0.25, 0.3) is 31.7 Å². The Bertz CT molecular complexity index is 1500. The van der Waals surface area contributed by atoms with Crippen LogP contribution in [0, 0.1) is 13.8 Å². The van der Waals surface area contributed by atoms with Gasteiger partial charge in [0.15, 0.2) is 5.13 Å². The predicted molar refractivity (Wildman–Crippen MR) is 149 cm³/mol. The van der Waals surface area contributed by atoms with Gasteiger partial charge in [-0.1, -0.05) is 41.7 Å². The van der Waals surface area contributed by atoms with Crippen LogP contribution in [0.5, 0.6) is 0 Å². The first-order valence-electron chi connectivity index (χ1n) is 11.7. The highest BCUT2D eigenvalue weighted by Gasteiger charge is 2.24. The number of thiazole rings is 1. The number of aryl methyl sites for hydroxylation is 2. The Morgan fingerprint density at radius 1 is 0.971 bits per heavy atom. The summed E-state index contributed by atoms with van der Waals surface area (Å²) in [6, 6.07) is 18.1. The van der Waals surface area contributed by atoms with E-state index < -0.39 is 0 Å². The van der Waals surface area contributed by atoms with Crippen molar-refractivity contribution in [1.82, 2.24) is 14.9 Å². The molecule has 0 radical (unpaired) electrons. The normalized spacial score (nSPS) is 11.6. The van der Waals surface area contributed by atoms with Gasteiger partial charge in [-0.15, -0.1) is 11.3 Å². The number of rotatable bonds is 7. The Hall–Kier alpha value is -3.13. The Morgan fingerprint density at radius 2 is 1.80 bits per heavy atom. The molecule has 5 aromatic rings. The van der Waals surface area contributed by atoms with E-state index in [9.17, 15) is 4.79 Å². The molecule has 0 unspecified atom stereocenters. The first kappa shape index (κ1) is 23.6. The molecule has 0 saturated carbocycles. The summed E-state index contributed by atoms with van der Waals surface area (Å²) in [5, 5.41) is 3.65. The van der Waals surface area contributed by atoms with Crippen LogP contribution in [-0.4, -0.2) is 48.0 Å². The van der Waals surface area contributed by atoms with E-state index in [0.717, 1.165) is 49.8 Å². The third-order valence-electron chi connectivity index (χ3n) is 6.26. The molecule has 0 saturated heterocycles. The van der Waals surface area contributed by atoms with Crippen molar-refractivity contribution in [2.75, 3.05) is 32.1 Å². The first-order valence-corrected chi connectivity index (χ1v) is 13.4. The number of hydrogen-bond acceptors (Lipinski definition) is 6. The SMILES string of the molecule is Cc1ccc2sc(N(CCCN(C)C)C(=O)c3cc(-c4cccs4)nc4ccccc34)nc2c1C. The van der Waals surface area contributed by atoms with Crippen LogP contribution in [0.3, 0.4) is 0 Å². The van der Waals surface area contributed by atoms with Crippen LogP contribution < -0.4 is 4.90 Å². The molecule has 35 heavy (non-hydrogen) atoms. The number of fused-ring (bicyclic) bond motifs is 2. The Morgan fingerprint density at radius 3 is 2.57 bits per heavy atom. The Balaban J connectivity index is 1.63. The highest BCUT2D eigenvalue weighted by molar-refractivity contribution is 7.22. The number of carbonyl (C=O) groups is 1. The molecule has 0 atom stereocenters. The maximum Gasteiger partial charge on any atom is 0.260 e. The highest BCUT2D eigenvalue weighted by Crippen LogP contribution is 2.34. The fraction of sp³-hybridized carbons (Fsp3) is 0.250. The van der Waals surface area contributed by atoms with Crippen molar-refractivity contribution in [3.63, 3.8) is 0 Å². The van der Waals surface area contributed by atoms with Gasteiger partial charge in [-0.3, -0.25) is 9.69 Å². The third kappa shape index (κ3) is 4.72. The van der Waals surface area contributed by atoms with Crippen molar-refractivity contribution >= 4 is 54.8 Å². The molecule has 3 aromatic heterocycles. The molecular formula is C28H28N4OS2. The number of hydrogen-bond donors (Lipinski definition) is 0. The van der Waals surface area contributed by atoms with Crippen molar-refractivity contribution in [3.05, 3.63) is 76.7 Å². The molecule has 178 valence electrons. The van der Waals surface area contributed by atoms with Gasteiger partial charge in [0.2, 0.25) is 0 Å². The lowest BCUT2D eigenvalue weighted by Crippen LogP contribution is -2.33. The van der Waals surface area contributed by atoms with Gasteiger partial charge < -0.3 is 4.90 Å². The molecule has 0 fully saturated rings. The molecule has 0 aliphatic rings. The van der Waals surface area contributed by atoms with Crippen LogP contribution in [0.15, 0.2) is 60.0 Å². The first-order chi connectivity index (χ1) is 16.9. The molecule has 0 spiro atoms. The van der Waals surface area contributed by atoms with Crippen LogP contribution in [-0.2, 0) is 0 Å². The molecule has 7 heteroatoms. The van der Waals surface area contributed by atoms with E-state index >= 15 is 0 Å². The van der Waals surface area contributed by atoms with Gasteiger partial charge in [-0.05, 0) is 81.7 Å². The largest absolute Gasteiger partial charge is 0.309 e. The van der Waals surface area contributed by atoms with E-state index in [1.54, 1.807) is 22.7 Å². The Labute approximate surface area is 213 Å². The average Bonchev–Trinajstić information content (AvgIpc) is 3.54. The lowest BCUT2D eigenvalue weighted by molar-refractivity contribution is 0.0987. The number of nitrogens with zero attached hydrogens (tertiary/aromatic N) is 4. The summed E-state index contributed by atoms with van der Waals surface area (Å²) in [5.41, 5.74) is 5.67. The second-order valence-corrected chi connectivity index (χ2v) is 11.0. The maximum atomic E-state index is 14.2. The Kier molecular flexibility index (Phi) is 6.65. The molecule has 0 N–H and O–H groups in total. The van der Waals surface area contributed by atoms with Gasteiger partial charge in [0.25, 0.3) is 5.91 Å². The van der Waals surface area contributed by atoms with E-state index in [0.29, 0.717) is 12.1 Å². The number of aromatic nitrogens is 2. The van der Waals surface area contributed by atoms with Crippen LogP contribution in [0.2, 0.25) is 0 Å². The van der Waals surface area contributed by atoms with E-state index in [-0.39, 0.29) is 5.91 Å². The fourth-order valence-electron chi connectivity index (χ4n) is 4.21. The van der Waals surface area contributed by atoms with E-state index in [4.69, 9.17) is 9.97 Å². The number of para-hydroxylation sites is 1. The van der Waals surface area contributed by atoms with Gasteiger partial charge in [0, 0.05) is 11.9 Å². The van der Waals surface area contributed by atoms with Crippen molar-refractivity contribution in [2.24, 2.45) is 0 Å². The zero-order valence-electron chi connectivity index (χ0n) is 20.4. The van der Waals surface area contributed by atoms with Gasteiger partial charge in [-0.2, -0.15) is 0 Å². The molecule has 5 rings (SSSR count). The highest BCUT2D eigenvalue weighted by atomic mass is 32.1. The topological polar surface area (TPSA) is 49.3 Å². The minimum atomic E-state index is -0.0337. The molecule has 2 aromatic carbocycles. The monoisotopic (exact) mass is 500 g/mol. The van der Waals surface area contributed by atoms with Crippen molar-refractivity contribution in [1.29, 1.82) is 0 Å². The average molecular weight is 501 g/mol. The number of thiophene rings is 1. The minimum Gasteiger partial charge on any atom is -0.309 e. The van der Waals surface area contributed by atoms with Crippen LogP contribution >= 0.6 is 22.7 Å². The molecule has 5 nitrogen and oxygen atoms in total. The zero-order valence-corrected chi connectivity index (χ0v) is 22.0. The maximum absolute atomic E-state index is 14.2. The number of pyridine rings is 1. The summed E-state index contributed by atoms with van der Waals surface area (Å²) in [6.07, 6.45) is 0.855. The lowest BCUT2D eigenvalue weighted by atomic mass is 10.1. The van der Waals surface area contributed by atoms with Gasteiger partial charge >= 0.3 is 0 Å². The van der Waals surface area contributed by atoms with Gasteiger partial charge in [-0.25, -0.2) is 9.97 Å². The second-order valence-electron chi connectivity index (χ2n) is 9.01. The van der Waals surface area contributed by atoms with E-state index in [1.807, 2.05) is 52.7 Å². The van der Waals surface area contributed by atoms with Gasteiger partial charge in [0.05, 0.1) is 31.9 Å². The molecule has 0 aliphatic heterocycles. The number of carbonyl (C=O) groups excluding carboxylic acids is 1. The number of amides is 1. The number of anilines is 1. The predicted octanol–water partition coefficient (Wildman–Crippen LogP) is 6.79. The number of benzene rings is 2. The quantitative estimate of drug-likeness (QED) is 0.247. The summed E-state index contributed by atoms with van der Waals surface area (Å²) in [4.78, 5) is 29.1. The lowest BCUT2D eigenvalue weighted by Gasteiger charge is -2.22. The summed E-state index contributed by atoms with van der Waals surface area (Å²) >= 11 is 3.21. The molecule has 1 amide bonds. The zero-order chi connectivity index (χ0) is 24.5. The standard InChI is InChI=1S/C28H28N4OS2/c1-18-12-13-25-26(19(18)2)30-28(35-25)32(15-8-14-31(3)4)27(33)21-17-23(24-11-7-16-34-24)29-22-10-6-5-9-20(21)22/h5-7,9-13,16-17H,8,14-15H2,1-4H3.